The zero-order valence-corrected chi connectivity index (χ0v) is 12.8. The van der Waals surface area contributed by atoms with E-state index in [4.69, 9.17) is 0 Å². The number of nitrogens with zero attached hydrogens (tertiary/aromatic N) is 3. The Labute approximate surface area is 119 Å². The number of hydrogen-bond donors (Lipinski definition) is 0. The third-order valence-corrected chi connectivity index (χ3v) is 5.73. The van der Waals surface area contributed by atoms with Crippen molar-refractivity contribution in [3.63, 3.8) is 0 Å². The molecular formula is C13H21N3O3S. The van der Waals surface area contributed by atoms with Gasteiger partial charge in [0.1, 0.15) is 17.4 Å². The van der Waals surface area contributed by atoms with Crippen LogP contribution in [0.25, 0.3) is 0 Å². The first-order valence-corrected chi connectivity index (χ1v) is 8.72. The van der Waals surface area contributed by atoms with Crippen molar-refractivity contribution in [1.82, 2.24) is 14.8 Å². The van der Waals surface area contributed by atoms with Crippen LogP contribution in [0, 0.1) is 5.92 Å². The molecule has 0 aromatic carbocycles. The van der Waals surface area contributed by atoms with Gasteiger partial charge < -0.3 is 0 Å². The van der Waals surface area contributed by atoms with E-state index in [2.05, 4.69) is 23.9 Å². The third-order valence-electron chi connectivity index (χ3n) is 3.50. The van der Waals surface area contributed by atoms with E-state index in [0.717, 1.165) is 6.42 Å². The predicted molar refractivity (Wildman–Crippen MR) is 75.0 cm³/mol. The molecule has 1 aliphatic heterocycles. The Morgan fingerprint density at radius 2 is 2.20 bits per heavy atom. The SMILES string of the molecule is CC(C)Cn1ncnc1CC(=O)C1CCCCS1(=O)=O. The fraction of sp³-hybridized carbons (Fsp3) is 0.769. The molecule has 0 saturated carbocycles. The van der Waals surface area contributed by atoms with Crippen molar-refractivity contribution >= 4 is 15.6 Å². The highest BCUT2D eigenvalue weighted by atomic mass is 32.2. The molecule has 7 heteroatoms. The van der Waals surface area contributed by atoms with Crippen LogP contribution in [0.5, 0.6) is 0 Å². The molecule has 2 heterocycles. The van der Waals surface area contributed by atoms with E-state index in [1.807, 2.05) is 0 Å². The molecule has 1 fully saturated rings. The van der Waals surface area contributed by atoms with E-state index >= 15 is 0 Å². The Bertz CT molecular complexity index is 577. The number of aromatic nitrogens is 3. The van der Waals surface area contributed by atoms with Crippen LogP contribution in [0.4, 0.5) is 0 Å². The second kappa shape index (κ2) is 6.03. The van der Waals surface area contributed by atoms with Crippen molar-refractivity contribution in [2.45, 2.75) is 51.3 Å². The van der Waals surface area contributed by atoms with Gasteiger partial charge in [-0.1, -0.05) is 20.3 Å². The van der Waals surface area contributed by atoms with Gasteiger partial charge in [-0.05, 0) is 18.8 Å². The summed E-state index contributed by atoms with van der Waals surface area (Å²) in [5.74, 6) is 0.832. The molecule has 0 N–H and O–H groups in total. The van der Waals surface area contributed by atoms with Crippen molar-refractivity contribution in [3.05, 3.63) is 12.2 Å². The van der Waals surface area contributed by atoms with Gasteiger partial charge in [-0.2, -0.15) is 5.10 Å². The van der Waals surface area contributed by atoms with E-state index in [-0.39, 0.29) is 18.0 Å². The fourth-order valence-electron chi connectivity index (χ4n) is 2.51. The average Bonchev–Trinajstić information content (AvgIpc) is 2.75. The number of sulfone groups is 1. The number of ketones is 1. The molecule has 112 valence electrons. The first kappa shape index (κ1) is 15.2. The Morgan fingerprint density at radius 1 is 1.45 bits per heavy atom. The third kappa shape index (κ3) is 3.45. The van der Waals surface area contributed by atoms with Crippen molar-refractivity contribution in [2.24, 2.45) is 5.92 Å². The molecular weight excluding hydrogens is 278 g/mol. The van der Waals surface area contributed by atoms with Gasteiger partial charge >= 0.3 is 0 Å². The molecule has 6 nitrogen and oxygen atoms in total. The van der Waals surface area contributed by atoms with Crippen molar-refractivity contribution in [2.75, 3.05) is 5.75 Å². The van der Waals surface area contributed by atoms with Crippen LogP contribution in [-0.2, 0) is 27.6 Å². The van der Waals surface area contributed by atoms with Gasteiger partial charge in [0.25, 0.3) is 0 Å². The van der Waals surface area contributed by atoms with Gasteiger partial charge in [0.2, 0.25) is 0 Å². The molecule has 0 aliphatic carbocycles. The number of rotatable bonds is 5. The standard InChI is InChI=1S/C13H21N3O3S/c1-10(2)8-16-13(14-9-15-16)7-11(17)12-5-3-4-6-20(12,18)19/h9-10,12H,3-8H2,1-2H3. The monoisotopic (exact) mass is 299 g/mol. The fourth-order valence-corrected chi connectivity index (χ4v) is 4.41. The average molecular weight is 299 g/mol. The van der Waals surface area contributed by atoms with Gasteiger partial charge in [0.15, 0.2) is 15.6 Å². The van der Waals surface area contributed by atoms with E-state index in [0.29, 0.717) is 31.1 Å². The van der Waals surface area contributed by atoms with Crippen molar-refractivity contribution < 1.29 is 13.2 Å². The van der Waals surface area contributed by atoms with Gasteiger partial charge in [-0.3, -0.25) is 4.79 Å². The van der Waals surface area contributed by atoms with Crippen LogP contribution < -0.4 is 0 Å². The highest BCUT2D eigenvalue weighted by Gasteiger charge is 2.35. The summed E-state index contributed by atoms with van der Waals surface area (Å²) in [6.07, 6.45) is 3.38. The maximum absolute atomic E-state index is 12.3. The van der Waals surface area contributed by atoms with Crippen LogP contribution >= 0.6 is 0 Å². The lowest BCUT2D eigenvalue weighted by Gasteiger charge is -2.21. The summed E-state index contributed by atoms with van der Waals surface area (Å²) in [4.78, 5) is 16.3. The van der Waals surface area contributed by atoms with E-state index < -0.39 is 15.1 Å². The smallest absolute Gasteiger partial charge is 0.160 e. The Kier molecular flexibility index (Phi) is 4.57. The summed E-state index contributed by atoms with van der Waals surface area (Å²) in [7, 11) is -3.27. The zero-order chi connectivity index (χ0) is 14.8. The molecule has 1 aromatic heterocycles. The van der Waals surface area contributed by atoms with Crippen molar-refractivity contribution in [1.29, 1.82) is 0 Å². The maximum atomic E-state index is 12.3. The molecule has 20 heavy (non-hydrogen) atoms. The Hall–Kier alpha value is -1.24. The zero-order valence-electron chi connectivity index (χ0n) is 11.9. The molecule has 0 bridgehead atoms. The Morgan fingerprint density at radius 3 is 2.85 bits per heavy atom. The molecule has 1 aromatic rings. The number of carbonyl (C=O) groups excluding carboxylic acids is 1. The number of hydrogen-bond acceptors (Lipinski definition) is 5. The highest BCUT2D eigenvalue weighted by molar-refractivity contribution is 7.92. The molecule has 1 aliphatic rings. The van der Waals surface area contributed by atoms with Crippen LogP contribution in [0.3, 0.4) is 0 Å². The first-order valence-electron chi connectivity index (χ1n) is 7.01. The predicted octanol–water partition coefficient (Wildman–Crippen LogP) is 1.01. The van der Waals surface area contributed by atoms with Crippen LogP contribution in [-0.4, -0.2) is 40.0 Å². The molecule has 1 unspecified atom stereocenters. The van der Waals surface area contributed by atoms with Gasteiger partial charge in [0.05, 0.1) is 12.2 Å². The lowest BCUT2D eigenvalue weighted by Crippen LogP contribution is -2.36. The molecule has 1 atom stereocenters. The molecule has 0 amide bonds. The number of Topliss-reactive ketones (excluding diaryl/α,β-unsaturated/α-hetero) is 1. The van der Waals surface area contributed by atoms with E-state index in [1.54, 1.807) is 4.68 Å². The van der Waals surface area contributed by atoms with Gasteiger partial charge in [-0.25, -0.2) is 18.1 Å². The quantitative estimate of drug-likeness (QED) is 0.810. The minimum absolute atomic E-state index is 0.0522. The van der Waals surface area contributed by atoms with Crippen molar-refractivity contribution in [3.8, 4) is 0 Å². The summed E-state index contributed by atoms with van der Waals surface area (Å²) >= 11 is 0. The summed E-state index contributed by atoms with van der Waals surface area (Å²) in [5.41, 5.74) is 0. The van der Waals surface area contributed by atoms with E-state index in [9.17, 15) is 13.2 Å². The minimum atomic E-state index is -3.27. The second-order valence-corrected chi connectivity index (χ2v) is 8.05. The highest BCUT2D eigenvalue weighted by Crippen LogP contribution is 2.21. The molecule has 0 spiro atoms. The summed E-state index contributed by atoms with van der Waals surface area (Å²) < 4.78 is 25.6. The van der Waals surface area contributed by atoms with E-state index in [1.165, 1.54) is 6.33 Å². The topological polar surface area (TPSA) is 81.9 Å². The minimum Gasteiger partial charge on any atom is -0.298 e. The molecule has 0 radical (unpaired) electrons. The summed E-state index contributed by atoms with van der Waals surface area (Å²) in [5, 5.41) is 3.25. The van der Waals surface area contributed by atoms with Crippen LogP contribution in [0.2, 0.25) is 0 Å². The largest absolute Gasteiger partial charge is 0.298 e. The molecule has 1 saturated heterocycles. The molecule has 2 rings (SSSR count). The van der Waals surface area contributed by atoms with Gasteiger partial charge in [0, 0.05) is 6.54 Å². The van der Waals surface area contributed by atoms with Crippen LogP contribution in [0.1, 0.15) is 38.9 Å². The first-order chi connectivity index (χ1) is 9.40. The maximum Gasteiger partial charge on any atom is 0.160 e. The summed E-state index contributed by atoms with van der Waals surface area (Å²) in [6.45, 7) is 4.79. The van der Waals surface area contributed by atoms with Gasteiger partial charge in [-0.15, -0.1) is 0 Å². The normalized spacial score (nSPS) is 22.1. The Balaban J connectivity index is 2.10. The number of carbonyl (C=O) groups is 1. The second-order valence-electron chi connectivity index (χ2n) is 5.75. The van der Waals surface area contributed by atoms with Crippen LogP contribution in [0.15, 0.2) is 6.33 Å². The lowest BCUT2D eigenvalue weighted by atomic mass is 10.1. The summed E-state index contributed by atoms with van der Waals surface area (Å²) in [6, 6.07) is 0. The lowest BCUT2D eigenvalue weighted by molar-refractivity contribution is -0.118.